The summed E-state index contributed by atoms with van der Waals surface area (Å²) < 4.78 is 24.3. The molecule has 0 unspecified atom stereocenters. The maximum absolute atomic E-state index is 12.2. The van der Waals surface area contributed by atoms with E-state index in [0.29, 0.717) is 0 Å². The second-order valence-corrected chi connectivity index (χ2v) is 2.30. The molecule has 0 saturated heterocycles. The summed E-state index contributed by atoms with van der Waals surface area (Å²) in [6.07, 6.45) is -1.33. The quantitative estimate of drug-likeness (QED) is 0.644. The molecule has 3 nitrogen and oxygen atoms in total. The summed E-state index contributed by atoms with van der Waals surface area (Å²) in [5, 5.41) is 7.01. The number of carboxylic acid groups (broad SMARTS) is 1. The average molecular weight is 210 g/mol. The van der Waals surface area contributed by atoms with Crippen LogP contribution in [0.25, 0.3) is 0 Å². The first-order chi connectivity index (χ1) is 5.93. The highest BCUT2D eigenvalue weighted by Crippen LogP contribution is 2.14. The fourth-order valence-electron chi connectivity index (χ4n) is 0.470. The number of primary amides is 1. The van der Waals surface area contributed by atoms with Gasteiger partial charge in [0, 0.05) is 0 Å². The van der Waals surface area contributed by atoms with Crippen molar-refractivity contribution in [2.45, 2.75) is 0 Å². The lowest BCUT2D eigenvalue weighted by molar-refractivity contribution is 0.205. The summed E-state index contributed by atoms with van der Waals surface area (Å²) in [5.41, 5.74) is 4.03. The van der Waals surface area contributed by atoms with Crippen LogP contribution in [0, 0.1) is 11.6 Å². The Hall–Kier alpha value is -1.36. The second-order valence-electron chi connectivity index (χ2n) is 1.90. The number of hydrogen-bond acceptors (Lipinski definition) is 1. The molecule has 0 saturated carbocycles. The van der Waals surface area contributed by atoms with Gasteiger partial charge in [0.2, 0.25) is 0 Å². The highest BCUT2D eigenvalue weighted by atomic mass is 35.5. The minimum absolute atomic E-state index is 0.185. The van der Waals surface area contributed by atoms with Crippen LogP contribution in [0.4, 0.5) is 13.6 Å². The largest absolute Gasteiger partial charge is 0.465 e. The number of halogens is 3. The molecule has 0 aliphatic heterocycles. The third-order valence-corrected chi connectivity index (χ3v) is 1.17. The van der Waals surface area contributed by atoms with Crippen LogP contribution in [0.2, 0.25) is 5.02 Å². The molecule has 0 spiro atoms. The summed E-state index contributed by atoms with van der Waals surface area (Å²) in [6.45, 7) is 0. The normalized spacial score (nSPS) is 8.54. The Kier molecular flexibility index (Phi) is 4.76. The van der Waals surface area contributed by atoms with Crippen LogP contribution >= 0.6 is 11.6 Å². The molecule has 0 atom stereocenters. The Morgan fingerprint density at radius 2 is 1.92 bits per heavy atom. The van der Waals surface area contributed by atoms with E-state index in [9.17, 15) is 8.78 Å². The average Bonchev–Trinajstić information content (AvgIpc) is 1.96. The van der Waals surface area contributed by atoms with Crippen LogP contribution in [0.5, 0.6) is 0 Å². The summed E-state index contributed by atoms with van der Waals surface area (Å²) in [7, 11) is 0. The van der Waals surface area contributed by atoms with Crippen LogP contribution in [-0.4, -0.2) is 11.2 Å². The molecule has 0 fully saturated rings. The van der Waals surface area contributed by atoms with Crippen molar-refractivity contribution in [2.24, 2.45) is 5.73 Å². The molecule has 0 aliphatic rings. The predicted octanol–water partition coefficient (Wildman–Crippen LogP) is 2.24. The maximum atomic E-state index is 12.2. The van der Waals surface area contributed by atoms with Gasteiger partial charge in [0.25, 0.3) is 0 Å². The van der Waals surface area contributed by atoms with Crippen LogP contribution in [0.15, 0.2) is 18.2 Å². The van der Waals surface area contributed by atoms with E-state index in [1.165, 1.54) is 0 Å². The number of benzene rings is 1. The van der Waals surface area contributed by atoms with E-state index in [1.807, 2.05) is 0 Å². The van der Waals surface area contributed by atoms with Crippen LogP contribution in [-0.2, 0) is 0 Å². The SMILES string of the molecule is Fc1ccc(F)c(Cl)c1.NC(=O)O. The molecule has 1 amide bonds. The third-order valence-electron chi connectivity index (χ3n) is 0.882. The van der Waals surface area contributed by atoms with E-state index >= 15 is 0 Å². The minimum atomic E-state index is -1.33. The first-order valence-electron chi connectivity index (χ1n) is 3.02. The smallest absolute Gasteiger partial charge is 0.402 e. The Morgan fingerprint density at radius 3 is 2.23 bits per heavy atom. The number of rotatable bonds is 0. The summed E-state index contributed by atoms with van der Waals surface area (Å²) in [4.78, 5) is 8.78. The zero-order valence-corrected chi connectivity index (χ0v) is 7.05. The Morgan fingerprint density at radius 1 is 1.46 bits per heavy atom. The minimum Gasteiger partial charge on any atom is -0.465 e. The van der Waals surface area contributed by atoms with Gasteiger partial charge >= 0.3 is 6.09 Å². The Labute approximate surface area is 77.7 Å². The van der Waals surface area contributed by atoms with Crippen LogP contribution in [0.1, 0.15) is 0 Å². The Balaban J connectivity index is 0.000000310. The van der Waals surface area contributed by atoms with Crippen LogP contribution < -0.4 is 5.73 Å². The van der Waals surface area contributed by atoms with Gasteiger partial charge in [-0.15, -0.1) is 0 Å². The lowest BCUT2D eigenvalue weighted by Gasteiger charge is -1.90. The number of amides is 1. The molecule has 0 aromatic heterocycles. The number of nitrogens with two attached hydrogens (primary N) is 1. The number of hydrogen-bond donors (Lipinski definition) is 2. The highest BCUT2D eigenvalue weighted by Gasteiger charge is 1.97. The van der Waals surface area contributed by atoms with Crippen molar-refractivity contribution in [1.82, 2.24) is 0 Å². The van der Waals surface area contributed by atoms with E-state index in [0.717, 1.165) is 18.2 Å². The van der Waals surface area contributed by atoms with Crippen molar-refractivity contribution in [3.8, 4) is 0 Å². The molecule has 1 rings (SSSR count). The summed E-state index contributed by atoms with van der Waals surface area (Å²) in [6, 6.07) is 2.93. The first-order valence-corrected chi connectivity index (χ1v) is 3.40. The van der Waals surface area contributed by atoms with Gasteiger partial charge in [-0.25, -0.2) is 13.6 Å². The van der Waals surface area contributed by atoms with Gasteiger partial charge in [0.15, 0.2) is 0 Å². The van der Waals surface area contributed by atoms with Gasteiger partial charge in [-0.3, -0.25) is 0 Å². The third kappa shape index (κ3) is 5.86. The van der Waals surface area contributed by atoms with Crippen molar-refractivity contribution in [3.63, 3.8) is 0 Å². The van der Waals surface area contributed by atoms with Crippen LogP contribution in [0.3, 0.4) is 0 Å². The fourth-order valence-corrected chi connectivity index (χ4v) is 0.638. The molecule has 0 radical (unpaired) electrons. The number of carbonyl (C=O) groups is 1. The lowest BCUT2D eigenvalue weighted by Crippen LogP contribution is -2.03. The van der Waals surface area contributed by atoms with Crippen molar-refractivity contribution >= 4 is 17.7 Å². The highest BCUT2D eigenvalue weighted by molar-refractivity contribution is 6.30. The van der Waals surface area contributed by atoms with E-state index in [2.05, 4.69) is 5.73 Å². The molecule has 6 heteroatoms. The molecule has 0 aliphatic carbocycles. The first kappa shape index (κ1) is 11.6. The van der Waals surface area contributed by atoms with Gasteiger partial charge in [0.1, 0.15) is 11.6 Å². The molecule has 3 N–H and O–H groups in total. The monoisotopic (exact) mass is 209 g/mol. The van der Waals surface area contributed by atoms with E-state index < -0.39 is 17.7 Å². The van der Waals surface area contributed by atoms with Gasteiger partial charge in [-0.2, -0.15) is 0 Å². The van der Waals surface area contributed by atoms with Gasteiger partial charge in [0.05, 0.1) is 5.02 Å². The van der Waals surface area contributed by atoms with E-state index in [4.69, 9.17) is 21.5 Å². The van der Waals surface area contributed by atoms with Crippen molar-refractivity contribution in [2.75, 3.05) is 0 Å². The zero-order valence-electron chi connectivity index (χ0n) is 6.30. The summed E-state index contributed by atoms with van der Waals surface area (Å²) >= 11 is 5.20. The zero-order chi connectivity index (χ0) is 10.4. The molecule has 13 heavy (non-hydrogen) atoms. The topological polar surface area (TPSA) is 63.3 Å². The fraction of sp³-hybridized carbons (Fsp3) is 0. The molecule has 1 aromatic carbocycles. The van der Waals surface area contributed by atoms with Gasteiger partial charge in [-0.05, 0) is 18.2 Å². The second kappa shape index (κ2) is 5.31. The molecular weight excluding hydrogens is 204 g/mol. The van der Waals surface area contributed by atoms with Crippen molar-refractivity contribution < 1.29 is 18.7 Å². The molecule has 1 aromatic rings. The molecule has 72 valence electrons. The van der Waals surface area contributed by atoms with Gasteiger partial charge < -0.3 is 10.8 Å². The summed E-state index contributed by atoms with van der Waals surface area (Å²) in [5.74, 6) is -1.13. The van der Waals surface area contributed by atoms with Crippen molar-refractivity contribution in [1.29, 1.82) is 0 Å². The predicted molar refractivity (Wildman–Crippen MR) is 43.6 cm³/mol. The molecule has 0 bridgehead atoms. The standard InChI is InChI=1S/C6H3ClF2.CH3NO2/c7-5-3-4(8)1-2-6(5)9;2-1(3)4/h1-3H;2H2,(H,3,4). The molecule has 0 heterocycles. The molecular formula is C7H6ClF2NO2. The van der Waals surface area contributed by atoms with E-state index in [1.54, 1.807) is 0 Å². The maximum Gasteiger partial charge on any atom is 0.402 e. The van der Waals surface area contributed by atoms with E-state index in [-0.39, 0.29) is 5.02 Å². The lowest BCUT2D eigenvalue weighted by atomic mass is 10.3. The van der Waals surface area contributed by atoms with Crippen molar-refractivity contribution in [3.05, 3.63) is 34.9 Å². The Bertz CT molecular complexity index is 303. The van der Waals surface area contributed by atoms with Gasteiger partial charge in [-0.1, -0.05) is 11.6 Å².